The Morgan fingerprint density at radius 1 is 1.55 bits per heavy atom. The Labute approximate surface area is 69.5 Å². The van der Waals surface area contributed by atoms with Gasteiger partial charge >= 0.3 is 0 Å². The normalized spacial score (nSPS) is 35.2. The van der Waals surface area contributed by atoms with Crippen LogP contribution < -0.4 is 0 Å². The average Bonchev–Trinajstić information content (AvgIpc) is 2.16. The zero-order valence-corrected chi connectivity index (χ0v) is 7.89. The summed E-state index contributed by atoms with van der Waals surface area (Å²) >= 11 is 0. The first-order chi connectivity index (χ1) is 5.19. The fourth-order valence-corrected chi connectivity index (χ4v) is 1.45. The second-order valence-corrected chi connectivity index (χ2v) is 3.68. The van der Waals surface area contributed by atoms with Gasteiger partial charge in [0.2, 0.25) is 0 Å². The van der Waals surface area contributed by atoms with Crippen LogP contribution in [0.2, 0.25) is 0 Å². The molecular formula is C9H19NO. The molecule has 66 valence electrons. The minimum absolute atomic E-state index is 0.274. The lowest BCUT2D eigenvalue weighted by molar-refractivity contribution is 0.0485. The molecule has 1 atom stereocenters. The lowest BCUT2D eigenvalue weighted by Gasteiger charge is -2.35. The molecule has 2 heteroatoms. The van der Waals surface area contributed by atoms with Crippen LogP contribution in [0, 0.1) is 0 Å². The highest BCUT2D eigenvalue weighted by Gasteiger charge is 2.28. The van der Waals surface area contributed by atoms with Gasteiger partial charge in [-0.15, -0.1) is 0 Å². The molecule has 0 N–H and O–H groups in total. The molecule has 0 radical (unpaired) electrons. The minimum Gasteiger partial charge on any atom is -0.379 e. The van der Waals surface area contributed by atoms with Gasteiger partial charge in [0, 0.05) is 18.7 Å². The summed E-state index contributed by atoms with van der Waals surface area (Å²) in [5.74, 6) is 0. The fraction of sp³-hybridized carbons (Fsp3) is 1.00. The maximum Gasteiger partial charge on any atom is 0.0647 e. The first-order valence-corrected chi connectivity index (χ1v) is 4.48. The molecule has 0 aromatic rings. The SMILES string of the molecule is CCC1(C)COCCCN1C. The summed E-state index contributed by atoms with van der Waals surface area (Å²) in [5.41, 5.74) is 0.274. The van der Waals surface area contributed by atoms with Crippen LogP contribution in [-0.4, -0.2) is 37.2 Å². The smallest absolute Gasteiger partial charge is 0.0647 e. The van der Waals surface area contributed by atoms with E-state index >= 15 is 0 Å². The molecule has 1 fully saturated rings. The Morgan fingerprint density at radius 2 is 2.27 bits per heavy atom. The highest BCUT2D eigenvalue weighted by Crippen LogP contribution is 2.20. The summed E-state index contributed by atoms with van der Waals surface area (Å²) in [6.07, 6.45) is 2.34. The molecule has 1 saturated heterocycles. The van der Waals surface area contributed by atoms with Gasteiger partial charge < -0.3 is 4.74 Å². The van der Waals surface area contributed by atoms with Gasteiger partial charge in [0.15, 0.2) is 0 Å². The quantitative estimate of drug-likeness (QED) is 0.572. The lowest BCUT2D eigenvalue weighted by atomic mass is 9.98. The van der Waals surface area contributed by atoms with Gasteiger partial charge in [0.05, 0.1) is 6.61 Å². The summed E-state index contributed by atoms with van der Waals surface area (Å²) in [6.45, 7) is 7.49. The molecule has 0 spiro atoms. The summed E-state index contributed by atoms with van der Waals surface area (Å²) < 4.78 is 5.53. The van der Waals surface area contributed by atoms with Crippen molar-refractivity contribution in [3.63, 3.8) is 0 Å². The molecule has 0 bridgehead atoms. The van der Waals surface area contributed by atoms with Crippen LogP contribution in [0.15, 0.2) is 0 Å². The summed E-state index contributed by atoms with van der Waals surface area (Å²) in [5, 5.41) is 0. The minimum atomic E-state index is 0.274. The highest BCUT2D eigenvalue weighted by molar-refractivity contribution is 4.84. The Hall–Kier alpha value is -0.0800. The van der Waals surface area contributed by atoms with Gasteiger partial charge in [-0.2, -0.15) is 0 Å². The summed E-state index contributed by atoms with van der Waals surface area (Å²) in [7, 11) is 2.19. The van der Waals surface area contributed by atoms with E-state index in [1.165, 1.54) is 19.4 Å². The molecule has 0 aliphatic carbocycles. The van der Waals surface area contributed by atoms with E-state index < -0.39 is 0 Å². The number of hydrogen-bond acceptors (Lipinski definition) is 2. The first kappa shape index (κ1) is 9.01. The Kier molecular flexibility index (Phi) is 2.90. The number of rotatable bonds is 1. The van der Waals surface area contributed by atoms with Crippen molar-refractivity contribution < 1.29 is 4.74 Å². The molecule has 0 aromatic heterocycles. The molecule has 11 heavy (non-hydrogen) atoms. The Balaban J connectivity index is 2.58. The summed E-state index contributed by atoms with van der Waals surface area (Å²) in [6, 6.07) is 0. The van der Waals surface area contributed by atoms with E-state index in [0.29, 0.717) is 0 Å². The van der Waals surface area contributed by atoms with E-state index in [1.807, 2.05) is 0 Å². The monoisotopic (exact) mass is 157 g/mol. The van der Waals surface area contributed by atoms with Crippen LogP contribution in [0.5, 0.6) is 0 Å². The molecule has 1 rings (SSSR count). The molecule has 1 heterocycles. The summed E-state index contributed by atoms with van der Waals surface area (Å²) in [4.78, 5) is 2.42. The standard InChI is InChI=1S/C9H19NO/c1-4-9(2)8-11-7-5-6-10(9)3/h4-8H2,1-3H3. The third kappa shape index (κ3) is 1.94. The molecule has 0 saturated carbocycles. The third-order valence-corrected chi connectivity index (χ3v) is 2.88. The van der Waals surface area contributed by atoms with E-state index in [2.05, 4.69) is 25.8 Å². The molecule has 1 aliphatic rings. The van der Waals surface area contributed by atoms with Gasteiger partial charge in [-0.3, -0.25) is 4.90 Å². The van der Waals surface area contributed by atoms with E-state index in [9.17, 15) is 0 Å². The zero-order valence-electron chi connectivity index (χ0n) is 7.89. The topological polar surface area (TPSA) is 12.5 Å². The maximum absolute atomic E-state index is 5.53. The maximum atomic E-state index is 5.53. The zero-order chi connectivity index (χ0) is 8.32. The van der Waals surface area contributed by atoms with Crippen molar-refractivity contribution >= 4 is 0 Å². The van der Waals surface area contributed by atoms with Gasteiger partial charge in [-0.05, 0) is 26.8 Å². The molecule has 1 aliphatic heterocycles. The van der Waals surface area contributed by atoms with E-state index in [-0.39, 0.29) is 5.54 Å². The van der Waals surface area contributed by atoms with Gasteiger partial charge in [0.25, 0.3) is 0 Å². The van der Waals surface area contributed by atoms with Crippen LogP contribution in [0.25, 0.3) is 0 Å². The van der Waals surface area contributed by atoms with E-state index in [0.717, 1.165) is 13.2 Å². The van der Waals surface area contributed by atoms with E-state index in [4.69, 9.17) is 4.74 Å². The number of likely N-dealkylation sites (N-methyl/N-ethyl adjacent to an activating group) is 1. The first-order valence-electron chi connectivity index (χ1n) is 4.48. The van der Waals surface area contributed by atoms with Gasteiger partial charge in [-0.25, -0.2) is 0 Å². The van der Waals surface area contributed by atoms with Crippen LogP contribution in [0.1, 0.15) is 26.7 Å². The predicted octanol–water partition coefficient (Wildman–Crippen LogP) is 1.51. The van der Waals surface area contributed by atoms with Crippen LogP contribution in [0.4, 0.5) is 0 Å². The molecule has 0 amide bonds. The van der Waals surface area contributed by atoms with E-state index in [1.54, 1.807) is 0 Å². The van der Waals surface area contributed by atoms with Crippen molar-refractivity contribution in [2.24, 2.45) is 0 Å². The van der Waals surface area contributed by atoms with Crippen LogP contribution in [-0.2, 0) is 4.74 Å². The Morgan fingerprint density at radius 3 is 2.91 bits per heavy atom. The molecule has 2 nitrogen and oxygen atoms in total. The van der Waals surface area contributed by atoms with Gasteiger partial charge in [0.1, 0.15) is 0 Å². The van der Waals surface area contributed by atoms with Crippen molar-refractivity contribution in [3.05, 3.63) is 0 Å². The molecule has 0 aromatic carbocycles. The second-order valence-electron chi connectivity index (χ2n) is 3.68. The number of ether oxygens (including phenoxy) is 1. The largest absolute Gasteiger partial charge is 0.379 e. The van der Waals surface area contributed by atoms with Crippen molar-refractivity contribution in [2.45, 2.75) is 32.2 Å². The van der Waals surface area contributed by atoms with Crippen molar-refractivity contribution in [2.75, 3.05) is 26.8 Å². The van der Waals surface area contributed by atoms with Gasteiger partial charge in [-0.1, -0.05) is 6.92 Å². The molecular weight excluding hydrogens is 138 g/mol. The van der Waals surface area contributed by atoms with Crippen LogP contribution in [0.3, 0.4) is 0 Å². The van der Waals surface area contributed by atoms with Crippen molar-refractivity contribution in [1.29, 1.82) is 0 Å². The Bertz CT molecular complexity index is 127. The average molecular weight is 157 g/mol. The van der Waals surface area contributed by atoms with Crippen molar-refractivity contribution in [1.82, 2.24) is 4.90 Å². The highest BCUT2D eigenvalue weighted by atomic mass is 16.5. The number of hydrogen-bond donors (Lipinski definition) is 0. The fourth-order valence-electron chi connectivity index (χ4n) is 1.45. The predicted molar refractivity (Wildman–Crippen MR) is 46.8 cm³/mol. The molecule has 1 unspecified atom stereocenters. The second kappa shape index (κ2) is 3.55. The number of nitrogens with zero attached hydrogens (tertiary/aromatic N) is 1. The third-order valence-electron chi connectivity index (χ3n) is 2.88. The lowest BCUT2D eigenvalue weighted by Crippen LogP contribution is -2.45. The van der Waals surface area contributed by atoms with Crippen molar-refractivity contribution in [3.8, 4) is 0 Å². The van der Waals surface area contributed by atoms with Crippen LogP contribution >= 0.6 is 0 Å².